The van der Waals surface area contributed by atoms with Crippen LogP contribution in [0.1, 0.15) is 33.5 Å². The van der Waals surface area contributed by atoms with Crippen molar-refractivity contribution in [2.75, 3.05) is 12.4 Å². The molecular formula is C16H32N4O2SSi. The van der Waals surface area contributed by atoms with Crippen LogP contribution in [0.5, 0.6) is 0 Å². The van der Waals surface area contributed by atoms with Crippen LogP contribution in [0.3, 0.4) is 0 Å². The van der Waals surface area contributed by atoms with Gasteiger partial charge in [0.25, 0.3) is 0 Å². The fourth-order valence-electron chi connectivity index (χ4n) is 2.11. The normalized spacial score (nSPS) is 14.0. The Morgan fingerprint density at radius 2 is 2.00 bits per heavy atom. The first-order chi connectivity index (χ1) is 11.0. The lowest BCUT2D eigenvalue weighted by Gasteiger charge is -2.28. The first-order valence-corrected chi connectivity index (χ1v) is 13.2. The molecule has 0 radical (unpaired) electrons. The fraction of sp³-hybridized carbons (Fsp3) is 0.875. The Morgan fingerprint density at radius 1 is 1.33 bits per heavy atom. The van der Waals surface area contributed by atoms with Gasteiger partial charge in [0.2, 0.25) is 0 Å². The van der Waals surface area contributed by atoms with Crippen LogP contribution in [-0.4, -0.2) is 45.8 Å². The molecule has 1 unspecified atom stereocenters. The molecule has 0 saturated heterocycles. The lowest BCUT2D eigenvalue weighted by atomic mass is 9.79. The number of carbonyl (C=O) groups excluding carboxylic acids is 1. The maximum absolute atomic E-state index is 12.4. The summed E-state index contributed by atoms with van der Waals surface area (Å²) in [5.41, 5.74) is -0.126. The van der Waals surface area contributed by atoms with Crippen LogP contribution in [0.15, 0.2) is 0 Å². The van der Waals surface area contributed by atoms with E-state index in [1.165, 1.54) is 16.6 Å². The quantitative estimate of drug-likeness (QED) is 0.488. The Morgan fingerprint density at radius 3 is 2.54 bits per heavy atom. The van der Waals surface area contributed by atoms with Gasteiger partial charge in [0.15, 0.2) is 17.7 Å². The van der Waals surface area contributed by atoms with Gasteiger partial charge in [-0.15, -0.1) is 15.0 Å². The summed E-state index contributed by atoms with van der Waals surface area (Å²) in [6.07, 6.45) is 0.518. The molecule has 0 aliphatic rings. The Balaban J connectivity index is 2.59. The Kier molecular flexibility index (Phi) is 8.08. The summed E-state index contributed by atoms with van der Waals surface area (Å²) in [7, 11) is -1.08. The lowest BCUT2D eigenvalue weighted by molar-refractivity contribution is -0.117. The molecule has 0 N–H and O–H groups in total. The van der Waals surface area contributed by atoms with E-state index in [0.717, 1.165) is 18.4 Å². The highest BCUT2D eigenvalue weighted by Crippen LogP contribution is 2.32. The molecule has 1 aromatic rings. The van der Waals surface area contributed by atoms with Gasteiger partial charge in [0.1, 0.15) is 0 Å². The monoisotopic (exact) mass is 372 g/mol. The molecule has 0 fully saturated rings. The summed E-state index contributed by atoms with van der Waals surface area (Å²) in [4.78, 5) is 13.8. The summed E-state index contributed by atoms with van der Waals surface area (Å²) >= 11 is 1.37. The third kappa shape index (κ3) is 7.89. The average molecular weight is 373 g/mol. The zero-order valence-corrected chi connectivity index (χ0v) is 17.9. The highest BCUT2D eigenvalue weighted by atomic mass is 32.2. The summed E-state index contributed by atoms with van der Waals surface area (Å²) in [6.45, 7) is 16.2. The predicted octanol–water partition coefficient (Wildman–Crippen LogP) is 3.47. The third-order valence-corrected chi connectivity index (χ3v) is 6.26. The summed E-state index contributed by atoms with van der Waals surface area (Å²) in [5, 5.41) is 12.7. The maximum Gasteiger partial charge on any atom is 0.192 e. The molecule has 0 aromatic carbocycles. The van der Waals surface area contributed by atoms with E-state index in [9.17, 15) is 4.79 Å². The number of thioether (sulfide) groups is 1. The van der Waals surface area contributed by atoms with Gasteiger partial charge >= 0.3 is 0 Å². The van der Waals surface area contributed by atoms with E-state index < -0.39 is 8.07 Å². The largest absolute Gasteiger partial charge is 0.358 e. The predicted molar refractivity (Wildman–Crippen MR) is 102 cm³/mol. The minimum absolute atomic E-state index is 0.118. The van der Waals surface area contributed by atoms with E-state index in [0.29, 0.717) is 19.0 Å². The fourth-order valence-corrected chi connectivity index (χ4v) is 3.79. The van der Waals surface area contributed by atoms with Crippen molar-refractivity contribution in [3.05, 3.63) is 5.82 Å². The second kappa shape index (κ2) is 9.10. The van der Waals surface area contributed by atoms with Crippen molar-refractivity contribution in [3.8, 4) is 0 Å². The van der Waals surface area contributed by atoms with E-state index in [4.69, 9.17) is 4.74 Å². The highest BCUT2D eigenvalue weighted by molar-refractivity contribution is 8.13. The molecule has 6 nitrogen and oxygen atoms in total. The average Bonchev–Trinajstić information content (AvgIpc) is 2.86. The number of hydrogen-bond donors (Lipinski definition) is 0. The minimum atomic E-state index is -1.08. The Hall–Kier alpha value is -0.733. The van der Waals surface area contributed by atoms with E-state index in [1.807, 2.05) is 6.92 Å². The van der Waals surface area contributed by atoms with Crippen molar-refractivity contribution < 1.29 is 9.53 Å². The first-order valence-electron chi connectivity index (χ1n) is 8.54. The molecule has 1 rings (SSSR count). The van der Waals surface area contributed by atoms with Crippen molar-refractivity contribution in [2.24, 2.45) is 11.3 Å². The van der Waals surface area contributed by atoms with E-state index >= 15 is 0 Å². The number of rotatable bonds is 9. The van der Waals surface area contributed by atoms with Crippen LogP contribution in [0.4, 0.5) is 0 Å². The van der Waals surface area contributed by atoms with Gasteiger partial charge in [-0.1, -0.05) is 59.1 Å². The van der Waals surface area contributed by atoms with Gasteiger partial charge in [-0.05, 0) is 22.4 Å². The van der Waals surface area contributed by atoms with Crippen LogP contribution < -0.4 is 0 Å². The van der Waals surface area contributed by atoms with Crippen LogP contribution in [0.25, 0.3) is 0 Å². The van der Waals surface area contributed by atoms with Gasteiger partial charge < -0.3 is 4.74 Å². The van der Waals surface area contributed by atoms with Crippen LogP contribution in [0.2, 0.25) is 25.7 Å². The SMILES string of the molecule is CCSC(=O)C(Cc1nnn(COCC[Si](C)(C)C)n1)C(C)(C)C. The molecular weight excluding hydrogens is 340 g/mol. The zero-order valence-electron chi connectivity index (χ0n) is 16.1. The molecule has 1 heterocycles. The van der Waals surface area contributed by atoms with E-state index in [2.05, 4.69) is 55.8 Å². The number of hydrogen-bond acceptors (Lipinski definition) is 6. The molecule has 0 spiro atoms. The van der Waals surface area contributed by atoms with Gasteiger partial charge in [0, 0.05) is 27.0 Å². The Bertz CT molecular complexity index is 523. The molecule has 138 valence electrons. The van der Waals surface area contributed by atoms with Crippen molar-refractivity contribution in [1.29, 1.82) is 0 Å². The lowest BCUT2D eigenvalue weighted by Crippen LogP contribution is -2.29. The van der Waals surface area contributed by atoms with Gasteiger partial charge in [-0.2, -0.15) is 0 Å². The molecule has 0 bridgehead atoms. The topological polar surface area (TPSA) is 69.9 Å². The van der Waals surface area contributed by atoms with Crippen molar-refractivity contribution >= 4 is 25.0 Å². The Labute approximate surface area is 151 Å². The number of carbonyl (C=O) groups is 1. The zero-order chi connectivity index (χ0) is 18.4. The van der Waals surface area contributed by atoms with Crippen LogP contribution in [0, 0.1) is 11.3 Å². The molecule has 1 atom stereocenters. The number of ether oxygens (including phenoxy) is 1. The van der Waals surface area contributed by atoms with Crippen molar-refractivity contribution in [3.63, 3.8) is 0 Å². The summed E-state index contributed by atoms with van der Waals surface area (Å²) < 4.78 is 5.63. The summed E-state index contributed by atoms with van der Waals surface area (Å²) in [6, 6.07) is 1.11. The molecule has 24 heavy (non-hydrogen) atoms. The molecule has 0 saturated carbocycles. The molecule has 1 aromatic heterocycles. The van der Waals surface area contributed by atoms with Gasteiger partial charge in [-0.3, -0.25) is 4.79 Å². The summed E-state index contributed by atoms with van der Waals surface area (Å²) in [5.74, 6) is 1.28. The molecule has 0 aliphatic carbocycles. The van der Waals surface area contributed by atoms with Crippen LogP contribution >= 0.6 is 11.8 Å². The number of aromatic nitrogens is 4. The molecule has 8 heteroatoms. The minimum Gasteiger partial charge on any atom is -0.358 e. The second-order valence-electron chi connectivity index (χ2n) is 8.30. The smallest absolute Gasteiger partial charge is 0.192 e. The van der Waals surface area contributed by atoms with Crippen molar-refractivity contribution in [2.45, 2.75) is 66.5 Å². The van der Waals surface area contributed by atoms with Crippen LogP contribution in [-0.2, 0) is 22.7 Å². The van der Waals surface area contributed by atoms with Gasteiger partial charge in [0.05, 0.1) is 0 Å². The number of nitrogens with zero attached hydrogens (tertiary/aromatic N) is 4. The third-order valence-electron chi connectivity index (χ3n) is 3.70. The second-order valence-corrected chi connectivity index (χ2v) is 15.2. The standard InChI is InChI=1S/C16H32N4O2SSi/c1-8-23-15(21)13(16(2,3)4)11-14-17-19-20(18-14)12-22-9-10-24(5,6)7/h13H,8-12H2,1-7H3. The highest BCUT2D eigenvalue weighted by Gasteiger charge is 2.32. The maximum atomic E-state index is 12.4. The van der Waals surface area contributed by atoms with E-state index in [-0.39, 0.29) is 16.4 Å². The van der Waals surface area contributed by atoms with Gasteiger partial charge in [-0.25, -0.2) is 0 Å². The first kappa shape index (κ1) is 21.3. The number of tetrazole rings is 1. The molecule has 0 aliphatic heterocycles. The van der Waals surface area contributed by atoms with Crippen molar-refractivity contribution in [1.82, 2.24) is 20.2 Å². The van der Waals surface area contributed by atoms with E-state index in [1.54, 1.807) is 0 Å². The molecule has 0 amide bonds.